The van der Waals surface area contributed by atoms with Gasteiger partial charge in [0.15, 0.2) is 0 Å². The minimum atomic E-state index is 0.0454. The maximum atomic E-state index is 12.5. The number of amides is 1. The van der Waals surface area contributed by atoms with Crippen molar-refractivity contribution in [2.45, 2.75) is 20.8 Å². The van der Waals surface area contributed by atoms with Gasteiger partial charge >= 0.3 is 0 Å². The van der Waals surface area contributed by atoms with Crippen molar-refractivity contribution in [1.29, 1.82) is 0 Å². The Bertz CT molecular complexity index is 918. The number of nitrogens with zero attached hydrogens (tertiary/aromatic N) is 5. The highest BCUT2D eigenvalue weighted by Gasteiger charge is 2.22. The van der Waals surface area contributed by atoms with Crippen LogP contribution in [0.1, 0.15) is 16.8 Å². The fourth-order valence-electron chi connectivity index (χ4n) is 3.42. The molecule has 7 nitrogen and oxygen atoms in total. The van der Waals surface area contributed by atoms with Crippen LogP contribution < -0.4 is 10.2 Å². The molecule has 27 heavy (non-hydrogen) atoms. The lowest BCUT2D eigenvalue weighted by molar-refractivity contribution is -0.117. The summed E-state index contributed by atoms with van der Waals surface area (Å²) in [5.74, 6) is 0.0454. The molecule has 3 heterocycles. The number of benzene rings is 1. The van der Waals surface area contributed by atoms with Gasteiger partial charge in [0.05, 0.1) is 18.4 Å². The first kappa shape index (κ1) is 17.9. The van der Waals surface area contributed by atoms with E-state index in [0.717, 1.165) is 58.8 Å². The Kier molecular flexibility index (Phi) is 4.84. The molecule has 142 valence electrons. The molecule has 0 unspecified atom stereocenters. The third-order valence-electron chi connectivity index (χ3n) is 4.91. The Morgan fingerprint density at radius 2 is 1.85 bits per heavy atom. The molecule has 0 atom stereocenters. The average Bonchev–Trinajstić information content (AvgIpc) is 3.16. The number of piperazine rings is 1. The molecular formula is C19H24N6OS. The molecule has 0 saturated carbocycles. The van der Waals surface area contributed by atoms with E-state index in [1.165, 1.54) is 0 Å². The van der Waals surface area contributed by atoms with Crippen molar-refractivity contribution in [3.05, 3.63) is 41.2 Å². The Morgan fingerprint density at radius 3 is 2.52 bits per heavy atom. The number of carbonyl (C=O) groups is 1. The third kappa shape index (κ3) is 3.81. The smallest absolute Gasteiger partial charge is 0.238 e. The van der Waals surface area contributed by atoms with E-state index in [2.05, 4.69) is 25.2 Å². The van der Waals surface area contributed by atoms with Crippen molar-refractivity contribution >= 4 is 33.0 Å². The number of rotatable bonds is 4. The summed E-state index contributed by atoms with van der Waals surface area (Å²) >= 11 is 1.61. The Labute approximate surface area is 162 Å². The van der Waals surface area contributed by atoms with Crippen LogP contribution in [0.4, 0.5) is 10.8 Å². The monoisotopic (exact) mass is 384 g/mol. The highest BCUT2D eigenvalue weighted by atomic mass is 32.1. The number of hydrogen-bond acceptors (Lipinski definition) is 6. The summed E-state index contributed by atoms with van der Waals surface area (Å²) in [7, 11) is 0. The Hall–Kier alpha value is -2.45. The third-order valence-corrected chi connectivity index (χ3v) is 5.89. The van der Waals surface area contributed by atoms with Gasteiger partial charge < -0.3 is 10.2 Å². The quantitative estimate of drug-likeness (QED) is 0.749. The van der Waals surface area contributed by atoms with Gasteiger partial charge in [-0.25, -0.2) is 9.50 Å². The number of anilines is 2. The van der Waals surface area contributed by atoms with Crippen molar-refractivity contribution < 1.29 is 4.79 Å². The van der Waals surface area contributed by atoms with Crippen molar-refractivity contribution in [3.8, 4) is 0 Å². The van der Waals surface area contributed by atoms with Crippen LogP contribution in [0.2, 0.25) is 0 Å². The zero-order valence-corrected chi connectivity index (χ0v) is 16.7. The zero-order chi connectivity index (χ0) is 19.0. The second-order valence-electron chi connectivity index (χ2n) is 7.07. The molecule has 1 fully saturated rings. The van der Waals surface area contributed by atoms with E-state index in [1.54, 1.807) is 11.3 Å². The average molecular weight is 385 g/mol. The number of para-hydroxylation sites is 1. The van der Waals surface area contributed by atoms with E-state index in [1.807, 2.05) is 49.7 Å². The SMILES string of the molecule is Cc1cn2nc(N3CCN(CC(=O)Nc4c(C)cccc4C)CC3)sc2n1. The molecule has 1 aromatic carbocycles. The molecule has 0 bridgehead atoms. The van der Waals surface area contributed by atoms with Gasteiger partial charge in [0.25, 0.3) is 0 Å². The first-order valence-electron chi connectivity index (χ1n) is 9.16. The first-order valence-corrected chi connectivity index (χ1v) is 9.97. The van der Waals surface area contributed by atoms with Crippen LogP contribution in [0.3, 0.4) is 0 Å². The van der Waals surface area contributed by atoms with Crippen molar-refractivity contribution in [1.82, 2.24) is 19.5 Å². The molecular weight excluding hydrogens is 360 g/mol. The topological polar surface area (TPSA) is 65.8 Å². The van der Waals surface area contributed by atoms with Crippen LogP contribution >= 0.6 is 11.3 Å². The minimum absolute atomic E-state index is 0.0454. The minimum Gasteiger partial charge on any atom is -0.344 e. The fraction of sp³-hybridized carbons (Fsp3) is 0.421. The van der Waals surface area contributed by atoms with Gasteiger partial charge in [-0.1, -0.05) is 29.5 Å². The maximum Gasteiger partial charge on any atom is 0.238 e. The van der Waals surface area contributed by atoms with Gasteiger partial charge in [-0.15, -0.1) is 5.10 Å². The van der Waals surface area contributed by atoms with E-state index in [9.17, 15) is 4.79 Å². The molecule has 8 heteroatoms. The van der Waals surface area contributed by atoms with Crippen LogP contribution in [-0.2, 0) is 4.79 Å². The lowest BCUT2D eigenvalue weighted by Gasteiger charge is -2.33. The highest BCUT2D eigenvalue weighted by Crippen LogP contribution is 2.24. The summed E-state index contributed by atoms with van der Waals surface area (Å²) in [6.45, 7) is 9.87. The summed E-state index contributed by atoms with van der Waals surface area (Å²) in [6.07, 6.45) is 1.95. The summed E-state index contributed by atoms with van der Waals surface area (Å²) in [6, 6.07) is 6.05. The van der Waals surface area contributed by atoms with Crippen molar-refractivity contribution in [3.63, 3.8) is 0 Å². The normalized spacial score (nSPS) is 15.4. The van der Waals surface area contributed by atoms with Gasteiger partial charge in [0.1, 0.15) is 0 Å². The number of aryl methyl sites for hydroxylation is 3. The summed E-state index contributed by atoms with van der Waals surface area (Å²) < 4.78 is 1.85. The number of carbonyl (C=O) groups excluding carboxylic acids is 1. The Balaban J connectivity index is 1.32. The van der Waals surface area contributed by atoms with E-state index in [4.69, 9.17) is 0 Å². The number of imidazole rings is 1. The molecule has 3 aromatic rings. The van der Waals surface area contributed by atoms with Crippen LogP contribution in [0.15, 0.2) is 24.4 Å². The first-order chi connectivity index (χ1) is 13.0. The lowest BCUT2D eigenvalue weighted by Crippen LogP contribution is -2.48. The zero-order valence-electron chi connectivity index (χ0n) is 15.9. The second kappa shape index (κ2) is 7.28. The number of hydrogen-bond donors (Lipinski definition) is 1. The van der Waals surface area contributed by atoms with E-state index in [-0.39, 0.29) is 5.91 Å². The number of nitrogens with one attached hydrogen (secondary N) is 1. The van der Waals surface area contributed by atoms with E-state index in [0.29, 0.717) is 6.54 Å². The number of fused-ring (bicyclic) bond motifs is 1. The number of aromatic nitrogens is 3. The Morgan fingerprint density at radius 1 is 1.15 bits per heavy atom. The van der Waals surface area contributed by atoms with Crippen molar-refractivity contribution in [2.24, 2.45) is 0 Å². The standard InChI is InChI=1S/C19H24N6OS/c1-13-5-4-6-14(2)17(13)21-16(26)12-23-7-9-24(10-8-23)19-22-25-11-15(3)20-18(25)27-19/h4-6,11H,7-10,12H2,1-3H3,(H,21,26). The molecule has 0 spiro atoms. The molecule has 1 amide bonds. The fourth-order valence-corrected chi connectivity index (χ4v) is 4.40. The predicted octanol–water partition coefficient (Wildman–Crippen LogP) is 2.48. The largest absolute Gasteiger partial charge is 0.344 e. The molecule has 4 rings (SSSR count). The molecule has 1 N–H and O–H groups in total. The van der Waals surface area contributed by atoms with Gasteiger partial charge in [-0.2, -0.15) is 0 Å². The van der Waals surface area contributed by atoms with Crippen molar-refractivity contribution in [2.75, 3.05) is 42.9 Å². The van der Waals surface area contributed by atoms with Gasteiger partial charge in [0, 0.05) is 31.9 Å². The summed E-state index contributed by atoms with van der Waals surface area (Å²) in [5.41, 5.74) is 4.11. The summed E-state index contributed by atoms with van der Waals surface area (Å²) in [5, 5.41) is 8.69. The second-order valence-corrected chi connectivity index (χ2v) is 8.01. The molecule has 1 saturated heterocycles. The van der Waals surface area contributed by atoms with Crippen LogP contribution in [0.25, 0.3) is 4.96 Å². The van der Waals surface area contributed by atoms with Gasteiger partial charge in [-0.3, -0.25) is 9.69 Å². The summed E-state index contributed by atoms with van der Waals surface area (Å²) in [4.78, 5) is 22.3. The van der Waals surface area contributed by atoms with Crippen LogP contribution in [0.5, 0.6) is 0 Å². The lowest BCUT2D eigenvalue weighted by atomic mass is 10.1. The van der Waals surface area contributed by atoms with Crippen LogP contribution in [-0.4, -0.2) is 58.1 Å². The predicted molar refractivity (Wildman–Crippen MR) is 109 cm³/mol. The molecule has 2 aromatic heterocycles. The van der Waals surface area contributed by atoms with E-state index >= 15 is 0 Å². The maximum absolute atomic E-state index is 12.5. The molecule has 0 aliphatic carbocycles. The van der Waals surface area contributed by atoms with E-state index < -0.39 is 0 Å². The van der Waals surface area contributed by atoms with Gasteiger partial charge in [0.2, 0.25) is 16.0 Å². The highest BCUT2D eigenvalue weighted by molar-refractivity contribution is 7.20. The molecule has 0 radical (unpaired) electrons. The molecule has 1 aliphatic heterocycles. The van der Waals surface area contributed by atoms with Gasteiger partial charge in [-0.05, 0) is 31.9 Å². The van der Waals surface area contributed by atoms with Crippen LogP contribution in [0, 0.1) is 20.8 Å². The molecule has 1 aliphatic rings.